The number of carbonyl (C=O) groups is 1. The molecule has 1 heterocycles. The molecule has 1 aromatic heterocycles. The van der Waals surface area contributed by atoms with Crippen LogP contribution in [-0.2, 0) is 10.0 Å². The van der Waals surface area contributed by atoms with Crippen molar-refractivity contribution in [1.29, 1.82) is 0 Å². The van der Waals surface area contributed by atoms with Crippen LogP contribution < -0.4 is 10.5 Å². The predicted molar refractivity (Wildman–Crippen MR) is 79.8 cm³/mol. The van der Waals surface area contributed by atoms with Gasteiger partial charge in [-0.05, 0) is 30.7 Å². The van der Waals surface area contributed by atoms with Crippen LogP contribution >= 0.6 is 11.6 Å². The highest BCUT2D eigenvalue weighted by Gasteiger charge is 2.14. The number of hydrogen-bond donors (Lipinski definition) is 2. The minimum atomic E-state index is -3.84. The van der Waals surface area contributed by atoms with Crippen LogP contribution in [0.1, 0.15) is 15.9 Å². The van der Waals surface area contributed by atoms with Crippen molar-refractivity contribution in [3.05, 3.63) is 52.8 Å². The Morgan fingerprint density at radius 2 is 2.05 bits per heavy atom. The molecule has 0 fully saturated rings. The molecule has 110 valence electrons. The van der Waals surface area contributed by atoms with Gasteiger partial charge in [-0.3, -0.25) is 9.78 Å². The zero-order valence-corrected chi connectivity index (χ0v) is 12.6. The van der Waals surface area contributed by atoms with E-state index in [4.69, 9.17) is 16.7 Å². The zero-order chi connectivity index (χ0) is 15.6. The summed E-state index contributed by atoms with van der Waals surface area (Å²) in [6.45, 7) is 1.73. The van der Waals surface area contributed by atoms with Crippen molar-refractivity contribution in [3.8, 4) is 0 Å². The van der Waals surface area contributed by atoms with E-state index in [1.165, 1.54) is 30.6 Å². The molecule has 3 N–H and O–H groups in total. The van der Waals surface area contributed by atoms with Gasteiger partial charge in [-0.25, -0.2) is 13.6 Å². The number of halogens is 1. The molecule has 0 aliphatic rings. The maximum absolute atomic E-state index is 12.1. The number of sulfonamides is 1. The van der Waals surface area contributed by atoms with E-state index in [0.29, 0.717) is 11.3 Å². The summed E-state index contributed by atoms with van der Waals surface area (Å²) in [6.07, 6.45) is 2.79. The molecule has 0 unspecified atom stereocenters. The predicted octanol–water partition coefficient (Wildman–Crippen LogP) is 1.94. The van der Waals surface area contributed by atoms with Crippen LogP contribution in [0.25, 0.3) is 0 Å². The number of nitrogens with zero attached hydrogens (tertiary/aromatic N) is 1. The van der Waals surface area contributed by atoms with Crippen LogP contribution in [0.5, 0.6) is 0 Å². The Labute approximate surface area is 127 Å². The first-order valence-corrected chi connectivity index (χ1v) is 7.76. The van der Waals surface area contributed by atoms with Gasteiger partial charge in [0.2, 0.25) is 10.0 Å². The third-order valence-corrected chi connectivity index (χ3v) is 4.04. The van der Waals surface area contributed by atoms with Crippen LogP contribution in [0, 0.1) is 6.92 Å². The second-order valence-electron chi connectivity index (χ2n) is 4.33. The number of rotatable bonds is 3. The number of pyridine rings is 1. The number of primary sulfonamides is 1. The Balaban J connectivity index is 2.36. The SMILES string of the molecule is Cc1ccc(S(N)(=O)=O)cc1NC(=O)c1cnccc1Cl. The third-order valence-electron chi connectivity index (χ3n) is 2.80. The van der Waals surface area contributed by atoms with Gasteiger partial charge in [-0.15, -0.1) is 0 Å². The molecular weight excluding hydrogens is 314 g/mol. The summed E-state index contributed by atoms with van der Waals surface area (Å²) in [5.41, 5.74) is 1.22. The van der Waals surface area contributed by atoms with Crippen molar-refractivity contribution in [1.82, 2.24) is 4.98 Å². The van der Waals surface area contributed by atoms with E-state index in [1.807, 2.05) is 0 Å². The van der Waals surface area contributed by atoms with E-state index in [2.05, 4.69) is 10.3 Å². The highest BCUT2D eigenvalue weighted by molar-refractivity contribution is 7.89. The first kappa shape index (κ1) is 15.4. The molecule has 1 aromatic carbocycles. The number of hydrogen-bond acceptors (Lipinski definition) is 4. The van der Waals surface area contributed by atoms with E-state index in [0.717, 1.165) is 0 Å². The number of aromatic nitrogens is 1. The van der Waals surface area contributed by atoms with Gasteiger partial charge in [0.1, 0.15) is 0 Å². The van der Waals surface area contributed by atoms with Gasteiger partial charge in [0.05, 0.1) is 15.5 Å². The van der Waals surface area contributed by atoms with Gasteiger partial charge in [-0.1, -0.05) is 17.7 Å². The van der Waals surface area contributed by atoms with Crippen LogP contribution in [0.3, 0.4) is 0 Å². The van der Waals surface area contributed by atoms with Crippen LogP contribution in [-0.4, -0.2) is 19.3 Å². The number of anilines is 1. The Bertz CT molecular complexity index is 806. The molecule has 0 saturated carbocycles. The molecule has 0 bridgehead atoms. The largest absolute Gasteiger partial charge is 0.322 e. The number of carbonyl (C=O) groups excluding carboxylic acids is 1. The fourth-order valence-corrected chi connectivity index (χ4v) is 2.38. The van der Waals surface area contributed by atoms with Crippen molar-refractivity contribution in [2.45, 2.75) is 11.8 Å². The molecule has 0 saturated heterocycles. The maximum atomic E-state index is 12.1. The van der Waals surface area contributed by atoms with Gasteiger partial charge in [0, 0.05) is 18.1 Å². The van der Waals surface area contributed by atoms with Gasteiger partial charge in [-0.2, -0.15) is 0 Å². The van der Waals surface area contributed by atoms with Gasteiger partial charge >= 0.3 is 0 Å². The number of amides is 1. The van der Waals surface area contributed by atoms with Crippen LogP contribution in [0.4, 0.5) is 5.69 Å². The highest BCUT2D eigenvalue weighted by atomic mass is 35.5. The molecular formula is C13H12ClN3O3S. The van der Waals surface area contributed by atoms with Gasteiger partial charge < -0.3 is 5.32 Å². The molecule has 0 radical (unpaired) electrons. The summed E-state index contributed by atoms with van der Waals surface area (Å²) >= 11 is 5.91. The lowest BCUT2D eigenvalue weighted by Crippen LogP contribution is -2.16. The van der Waals surface area contributed by atoms with Crippen molar-refractivity contribution in [3.63, 3.8) is 0 Å². The second kappa shape index (κ2) is 5.80. The average Bonchev–Trinajstić information content (AvgIpc) is 2.40. The number of nitrogens with one attached hydrogen (secondary N) is 1. The lowest BCUT2D eigenvalue weighted by Gasteiger charge is -2.10. The Hall–Kier alpha value is -1.96. The van der Waals surface area contributed by atoms with Crippen molar-refractivity contribution in [2.75, 3.05) is 5.32 Å². The smallest absolute Gasteiger partial charge is 0.258 e. The minimum Gasteiger partial charge on any atom is -0.322 e. The second-order valence-corrected chi connectivity index (χ2v) is 6.30. The third kappa shape index (κ3) is 3.57. The Kier molecular flexibility index (Phi) is 4.26. The fourth-order valence-electron chi connectivity index (χ4n) is 1.65. The number of benzene rings is 1. The summed E-state index contributed by atoms with van der Waals surface area (Å²) in [5, 5.41) is 7.92. The summed E-state index contributed by atoms with van der Waals surface area (Å²) in [6, 6.07) is 5.72. The van der Waals surface area contributed by atoms with Crippen LogP contribution in [0.15, 0.2) is 41.6 Å². The number of nitrogens with two attached hydrogens (primary N) is 1. The minimum absolute atomic E-state index is 0.0827. The highest BCUT2D eigenvalue weighted by Crippen LogP contribution is 2.21. The maximum Gasteiger partial charge on any atom is 0.258 e. The fraction of sp³-hybridized carbons (Fsp3) is 0.0769. The van der Waals surface area contributed by atoms with Crippen molar-refractivity contribution in [2.24, 2.45) is 5.14 Å². The molecule has 0 atom stereocenters. The van der Waals surface area contributed by atoms with E-state index in [9.17, 15) is 13.2 Å². The van der Waals surface area contributed by atoms with Crippen LogP contribution in [0.2, 0.25) is 5.02 Å². The summed E-state index contributed by atoms with van der Waals surface area (Å²) in [7, 11) is -3.84. The summed E-state index contributed by atoms with van der Waals surface area (Å²) in [5.74, 6) is -0.484. The molecule has 2 aromatic rings. The van der Waals surface area contributed by atoms with E-state index >= 15 is 0 Å². The van der Waals surface area contributed by atoms with E-state index in [1.54, 1.807) is 13.0 Å². The summed E-state index contributed by atoms with van der Waals surface area (Å²) < 4.78 is 22.7. The van der Waals surface area contributed by atoms with Crippen molar-refractivity contribution < 1.29 is 13.2 Å². The lowest BCUT2D eigenvalue weighted by atomic mass is 10.2. The first-order valence-electron chi connectivity index (χ1n) is 5.83. The van der Waals surface area contributed by atoms with Gasteiger partial charge in [0.15, 0.2) is 0 Å². The monoisotopic (exact) mass is 325 g/mol. The normalized spacial score (nSPS) is 11.2. The summed E-state index contributed by atoms with van der Waals surface area (Å²) in [4.78, 5) is 15.9. The molecule has 6 nitrogen and oxygen atoms in total. The number of aryl methyl sites for hydroxylation is 1. The zero-order valence-electron chi connectivity index (χ0n) is 11.0. The van der Waals surface area contributed by atoms with E-state index < -0.39 is 15.9 Å². The van der Waals surface area contributed by atoms with Gasteiger partial charge in [0.25, 0.3) is 5.91 Å². The van der Waals surface area contributed by atoms with E-state index in [-0.39, 0.29) is 15.5 Å². The topological polar surface area (TPSA) is 102 Å². The molecule has 8 heteroatoms. The molecule has 0 aliphatic carbocycles. The lowest BCUT2D eigenvalue weighted by molar-refractivity contribution is 0.102. The molecule has 21 heavy (non-hydrogen) atoms. The van der Waals surface area contributed by atoms with Crippen molar-refractivity contribution >= 4 is 33.2 Å². The molecule has 0 spiro atoms. The molecule has 2 rings (SSSR count). The molecule has 1 amide bonds. The first-order chi connectivity index (χ1) is 9.79. The molecule has 0 aliphatic heterocycles. The Morgan fingerprint density at radius 1 is 1.33 bits per heavy atom. The standard InChI is InChI=1S/C13H12ClN3O3S/c1-8-2-3-9(21(15,19)20)6-12(8)17-13(18)10-7-16-5-4-11(10)14/h2-7H,1H3,(H,17,18)(H2,15,19,20). The quantitative estimate of drug-likeness (QED) is 0.900. The average molecular weight is 326 g/mol. The Morgan fingerprint density at radius 3 is 2.67 bits per heavy atom.